The van der Waals surface area contributed by atoms with Gasteiger partial charge >= 0.3 is 0 Å². The Hall–Kier alpha value is -1.75. The zero-order valence-corrected chi connectivity index (χ0v) is 12.3. The fourth-order valence-corrected chi connectivity index (χ4v) is 3.07. The molecule has 106 valence electrons. The van der Waals surface area contributed by atoms with Crippen LogP contribution < -0.4 is 5.32 Å². The molecule has 0 spiro atoms. The van der Waals surface area contributed by atoms with Crippen LogP contribution in [0.2, 0.25) is 0 Å². The number of rotatable bonds is 3. The minimum atomic E-state index is 0.264. The summed E-state index contributed by atoms with van der Waals surface area (Å²) in [7, 11) is 0. The van der Waals surface area contributed by atoms with Gasteiger partial charge in [-0.15, -0.1) is 0 Å². The van der Waals surface area contributed by atoms with Crippen LogP contribution in [-0.4, -0.2) is 26.3 Å². The van der Waals surface area contributed by atoms with Crippen LogP contribution in [0.1, 0.15) is 44.5 Å². The highest BCUT2D eigenvalue weighted by atomic mass is 15.3. The van der Waals surface area contributed by atoms with Gasteiger partial charge in [-0.3, -0.25) is 4.98 Å². The lowest BCUT2D eigenvalue weighted by atomic mass is 9.74. The molecule has 0 radical (unpaired) electrons. The first-order chi connectivity index (χ1) is 9.61. The summed E-state index contributed by atoms with van der Waals surface area (Å²) in [6, 6.07) is 0.379. The van der Waals surface area contributed by atoms with E-state index in [9.17, 15) is 0 Å². The maximum atomic E-state index is 4.54. The Balaban J connectivity index is 2.05. The second-order valence-electron chi connectivity index (χ2n) is 6.18. The largest absolute Gasteiger partial charge is 0.310 e. The lowest BCUT2D eigenvalue weighted by molar-refractivity contribution is 0.255. The van der Waals surface area contributed by atoms with E-state index in [2.05, 4.69) is 41.2 Å². The molecule has 5 nitrogen and oxygen atoms in total. The Labute approximate surface area is 119 Å². The number of nitrogens with zero attached hydrogens (tertiary/aromatic N) is 4. The third-order valence-corrected chi connectivity index (χ3v) is 3.90. The van der Waals surface area contributed by atoms with E-state index >= 15 is 0 Å². The second kappa shape index (κ2) is 4.98. The molecule has 0 amide bonds. The molecule has 2 aromatic heterocycles. The predicted molar refractivity (Wildman–Crippen MR) is 77.7 cm³/mol. The van der Waals surface area contributed by atoms with Crippen LogP contribution in [0.15, 0.2) is 24.8 Å². The van der Waals surface area contributed by atoms with Crippen LogP contribution in [0.3, 0.4) is 0 Å². The van der Waals surface area contributed by atoms with Crippen LogP contribution in [0.25, 0.3) is 5.82 Å². The molecule has 2 heterocycles. The summed E-state index contributed by atoms with van der Waals surface area (Å²) in [6.45, 7) is 7.74. The maximum Gasteiger partial charge on any atom is 0.172 e. The molecule has 0 fully saturated rings. The molecule has 1 aliphatic carbocycles. The molecule has 1 atom stereocenters. The minimum absolute atomic E-state index is 0.264. The zero-order chi connectivity index (χ0) is 14.2. The number of fused-ring (bicyclic) bond motifs is 1. The molecule has 1 unspecified atom stereocenters. The molecular weight excluding hydrogens is 250 g/mol. The lowest BCUT2D eigenvalue weighted by Gasteiger charge is -2.35. The molecule has 2 aromatic rings. The molecule has 3 rings (SSSR count). The normalized spacial score (nSPS) is 20.6. The van der Waals surface area contributed by atoms with E-state index in [1.807, 2.05) is 10.9 Å². The van der Waals surface area contributed by atoms with Crippen molar-refractivity contribution < 1.29 is 0 Å². The van der Waals surface area contributed by atoms with Crippen LogP contribution in [-0.2, 0) is 6.42 Å². The Morgan fingerprint density at radius 3 is 2.90 bits per heavy atom. The third-order valence-electron chi connectivity index (χ3n) is 3.90. The third kappa shape index (κ3) is 2.33. The highest BCUT2D eigenvalue weighted by Crippen LogP contribution is 2.41. The van der Waals surface area contributed by atoms with Gasteiger partial charge in [0.15, 0.2) is 5.82 Å². The van der Waals surface area contributed by atoms with Gasteiger partial charge in [0.25, 0.3) is 0 Å². The monoisotopic (exact) mass is 271 g/mol. The van der Waals surface area contributed by atoms with Crippen molar-refractivity contribution in [3.05, 3.63) is 36.0 Å². The van der Waals surface area contributed by atoms with Crippen molar-refractivity contribution in [2.45, 2.75) is 39.7 Å². The van der Waals surface area contributed by atoms with Gasteiger partial charge in [-0.2, -0.15) is 5.10 Å². The van der Waals surface area contributed by atoms with Gasteiger partial charge in [0.05, 0.1) is 18.1 Å². The summed E-state index contributed by atoms with van der Waals surface area (Å²) in [5.74, 6) is 0.793. The van der Waals surface area contributed by atoms with E-state index in [4.69, 9.17) is 0 Å². The van der Waals surface area contributed by atoms with Crippen molar-refractivity contribution in [3.63, 3.8) is 0 Å². The van der Waals surface area contributed by atoms with E-state index in [1.165, 1.54) is 11.3 Å². The summed E-state index contributed by atoms with van der Waals surface area (Å²) in [6.07, 6.45) is 9.29. The molecule has 0 aliphatic heterocycles. The first-order valence-electron chi connectivity index (χ1n) is 7.17. The van der Waals surface area contributed by atoms with Crippen molar-refractivity contribution in [1.29, 1.82) is 0 Å². The van der Waals surface area contributed by atoms with Gasteiger partial charge in [-0.05, 0) is 24.8 Å². The lowest BCUT2D eigenvalue weighted by Crippen LogP contribution is -2.33. The summed E-state index contributed by atoms with van der Waals surface area (Å²) < 4.78 is 1.94. The number of aromatic nitrogens is 4. The summed E-state index contributed by atoms with van der Waals surface area (Å²) in [5, 5.41) is 8.11. The fourth-order valence-electron chi connectivity index (χ4n) is 3.07. The van der Waals surface area contributed by atoms with E-state index in [-0.39, 0.29) is 5.41 Å². The van der Waals surface area contributed by atoms with Crippen LogP contribution >= 0.6 is 0 Å². The summed E-state index contributed by atoms with van der Waals surface area (Å²) >= 11 is 0. The number of hydrogen-bond donors (Lipinski definition) is 1. The quantitative estimate of drug-likeness (QED) is 0.930. The maximum absolute atomic E-state index is 4.54. The molecule has 1 aliphatic rings. The van der Waals surface area contributed by atoms with Crippen molar-refractivity contribution >= 4 is 0 Å². The van der Waals surface area contributed by atoms with Crippen LogP contribution in [0, 0.1) is 5.41 Å². The highest BCUT2D eigenvalue weighted by Gasteiger charge is 2.34. The Kier molecular flexibility index (Phi) is 3.30. The average molecular weight is 271 g/mol. The van der Waals surface area contributed by atoms with Crippen molar-refractivity contribution in [2.75, 3.05) is 6.54 Å². The molecule has 1 N–H and O–H groups in total. The molecule has 20 heavy (non-hydrogen) atoms. The molecule has 0 saturated carbocycles. The van der Waals surface area contributed by atoms with E-state index < -0.39 is 0 Å². The van der Waals surface area contributed by atoms with Crippen LogP contribution in [0.4, 0.5) is 0 Å². The predicted octanol–water partition coefficient (Wildman–Crippen LogP) is 2.29. The zero-order valence-electron chi connectivity index (χ0n) is 12.3. The fraction of sp³-hybridized carbons (Fsp3) is 0.533. The van der Waals surface area contributed by atoms with E-state index in [1.54, 1.807) is 18.6 Å². The van der Waals surface area contributed by atoms with Gasteiger partial charge in [-0.1, -0.05) is 20.8 Å². The van der Waals surface area contributed by atoms with Gasteiger partial charge in [0.1, 0.15) is 0 Å². The Bertz CT molecular complexity index is 588. The summed E-state index contributed by atoms with van der Waals surface area (Å²) in [5.41, 5.74) is 2.82. The second-order valence-corrected chi connectivity index (χ2v) is 6.18. The molecule has 0 aromatic carbocycles. The highest BCUT2D eigenvalue weighted by molar-refractivity contribution is 5.32. The van der Waals surface area contributed by atoms with Crippen molar-refractivity contribution in [1.82, 2.24) is 25.1 Å². The van der Waals surface area contributed by atoms with E-state index in [0.29, 0.717) is 6.04 Å². The van der Waals surface area contributed by atoms with Crippen molar-refractivity contribution in [3.8, 4) is 5.82 Å². The van der Waals surface area contributed by atoms with Gasteiger partial charge in [0.2, 0.25) is 0 Å². The van der Waals surface area contributed by atoms with Gasteiger partial charge < -0.3 is 5.32 Å². The standard InChI is InChI=1S/C15H21N5/c1-4-17-12-7-15(2,3)8-13-11(12)9-19-20(13)14-10-16-5-6-18-14/h5-6,9-10,12,17H,4,7-8H2,1-3H3. The molecular formula is C15H21N5. The van der Waals surface area contributed by atoms with E-state index in [0.717, 1.165) is 25.2 Å². The Morgan fingerprint density at radius 2 is 2.20 bits per heavy atom. The number of hydrogen-bond acceptors (Lipinski definition) is 4. The first kappa shape index (κ1) is 13.2. The molecule has 0 bridgehead atoms. The topological polar surface area (TPSA) is 55.6 Å². The smallest absolute Gasteiger partial charge is 0.172 e. The molecule has 5 heteroatoms. The van der Waals surface area contributed by atoms with Gasteiger partial charge in [-0.25, -0.2) is 9.67 Å². The number of nitrogens with one attached hydrogen (secondary N) is 1. The summed E-state index contributed by atoms with van der Waals surface area (Å²) in [4.78, 5) is 8.51. The SMILES string of the molecule is CCNC1CC(C)(C)Cc2c1cnn2-c1cnccn1. The molecule has 0 saturated heterocycles. The first-order valence-corrected chi connectivity index (χ1v) is 7.17. The van der Waals surface area contributed by atoms with Crippen LogP contribution in [0.5, 0.6) is 0 Å². The Morgan fingerprint density at radius 1 is 1.35 bits per heavy atom. The minimum Gasteiger partial charge on any atom is -0.310 e. The average Bonchev–Trinajstić information content (AvgIpc) is 2.82. The van der Waals surface area contributed by atoms with Gasteiger partial charge in [0, 0.05) is 24.0 Å². The van der Waals surface area contributed by atoms with Crippen molar-refractivity contribution in [2.24, 2.45) is 5.41 Å².